The van der Waals surface area contributed by atoms with E-state index in [2.05, 4.69) is 60.7 Å². The number of hydrogen-bond donors (Lipinski definition) is 0. The first-order valence-corrected chi connectivity index (χ1v) is 8.81. The minimum atomic E-state index is 0.573. The van der Waals surface area contributed by atoms with Crippen molar-refractivity contribution in [1.29, 1.82) is 0 Å². The number of piperidine rings is 1. The number of quaternary nitrogens is 1. The number of benzene rings is 2. The van der Waals surface area contributed by atoms with Crippen LogP contribution in [0.5, 0.6) is 0 Å². The smallest absolute Gasteiger partial charge is 0.0841 e. The van der Waals surface area contributed by atoms with E-state index in [1.807, 2.05) is 0 Å². The Morgan fingerprint density at radius 3 is 1.59 bits per heavy atom. The fourth-order valence-electron chi connectivity index (χ4n) is 4.58. The molecule has 2 aliphatic heterocycles. The van der Waals surface area contributed by atoms with Crippen LogP contribution in [0.4, 0.5) is 0 Å². The second kappa shape index (κ2) is 5.89. The molecule has 0 N–H and O–H groups in total. The summed E-state index contributed by atoms with van der Waals surface area (Å²) in [5, 5.41) is 0. The number of nitrogens with zero attached hydrogens (tertiary/aromatic N) is 1. The maximum absolute atomic E-state index is 2.32. The molecule has 0 unspecified atom stereocenters. The normalized spacial score (nSPS) is 21.0. The van der Waals surface area contributed by atoms with Crippen LogP contribution in [0.3, 0.4) is 0 Å². The van der Waals surface area contributed by atoms with Gasteiger partial charge in [0.2, 0.25) is 0 Å². The molecular formula is C21H26N+. The zero-order valence-corrected chi connectivity index (χ0v) is 13.3. The lowest BCUT2D eigenvalue weighted by molar-refractivity contribution is -0.968. The highest BCUT2D eigenvalue weighted by Gasteiger charge is 2.41. The first-order chi connectivity index (χ1) is 10.9. The van der Waals surface area contributed by atoms with Gasteiger partial charge in [-0.05, 0) is 17.0 Å². The third kappa shape index (κ3) is 2.59. The van der Waals surface area contributed by atoms with Gasteiger partial charge >= 0.3 is 0 Å². The van der Waals surface area contributed by atoms with Gasteiger partial charge in [-0.2, -0.15) is 0 Å². The summed E-state index contributed by atoms with van der Waals surface area (Å²) in [6.45, 7) is 5.68. The third-order valence-corrected chi connectivity index (χ3v) is 6.00. The summed E-state index contributed by atoms with van der Waals surface area (Å²) >= 11 is 0. The first kappa shape index (κ1) is 14.0. The maximum atomic E-state index is 2.32. The van der Waals surface area contributed by atoms with Crippen molar-refractivity contribution in [3.63, 3.8) is 0 Å². The van der Waals surface area contributed by atoms with Gasteiger partial charge in [-0.15, -0.1) is 0 Å². The van der Waals surface area contributed by atoms with Crippen LogP contribution in [0.15, 0.2) is 60.7 Å². The highest BCUT2D eigenvalue weighted by Crippen LogP contribution is 2.40. The Morgan fingerprint density at radius 1 is 0.682 bits per heavy atom. The molecule has 0 amide bonds. The lowest BCUT2D eigenvalue weighted by Gasteiger charge is -2.50. The van der Waals surface area contributed by atoms with Gasteiger partial charge in [0.05, 0.1) is 26.2 Å². The minimum Gasteiger partial charge on any atom is -0.323 e. The molecule has 1 spiro atoms. The zero-order valence-electron chi connectivity index (χ0n) is 13.3. The highest BCUT2D eigenvalue weighted by molar-refractivity contribution is 5.33. The van der Waals surface area contributed by atoms with Crippen molar-refractivity contribution in [3.05, 3.63) is 71.8 Å². The lowest BCUT2D eigenvalue weighted by atomic mass is 9.75. The molecule has 0 saturated carbocycles. The Labute approximate surface area is 134 Å². The zero-order chi connectivity index (χ0) is 14.8. The van der Waals surface area contributed by atoms with E-state index in [9.17, 15) is 0 Å². The minimum absolute atomic E-state index is 0.573. The maximum Gasteiger partial charge on any atom is 0.0841 e. The molecule has 1 heteroatoms. The Bertz CT molecular complexity index is 551. The SMILES string of the molecule is c1ccc(C(c2ccccc2)C2CC[N+]3(CCC3)CC2)cc1. The van der Waals surface area contributed by atoms with E-state index >= 15 is 0 Å². The topological polar surface area (TPSA) is 0 Å². The molecule has 4 rings (SSSR count). The van der Waals surface area contributed by atoms with E-state index in [4.69, 9.17) is 0 Å². The van der Waals surface area contributed by atoms with E-state index in [1.54, 1.807) is 0 Å². The van der Waals surface area contributed by atoms with Crippen molar-refractivity contribution < 1.29 is 4.48 Å². The lowest BCUT2D eigenvalue weighted by Crippen LogP contribution is -2.61. The van der Waals surface area contributed by atoms with Gasteiger partial charge < -0.3 is 4.48 Å². The van der Waals surface area contributed by atoms with Gasteiger partial charge in [0, 0.05) is 25.2 Å². The standard InChI is InChI=1S/C21H26N/c1-3-8-18(9-4-1)21(19-10-5-2-6-11-19)20-12-16-22(17-13-20)14-7-15-22/h1-6,8-11,20-21H,7,12-17H2/q+1. The van der Waals surface area contributed by atoms with E-state index < -0.39 is 0 Å². The van der Waals surface area contributed by atoms with Crippen molar-refractivity contribution in [2.45, 2.75) is 25.2 Å². The van der Waals surface area contributed by atoms with Crippen molar-refractivity contribution in [1.82, 2.24) is 0 Å². The van der Waals surface area contributed by atoms with E-state index in [0.29, 0.717) is 5.92 Å². The second-order valence-electron chi connectivity index (χ2n) is 7.23. The van der Waals surface area contributed by atoms with Gasteiger partial charge in [0.1, 0.15) is 0 Å². The van der Waals surface area contributed by atoms with Gasteiger partial charge in [0.15, 0.2) is 0 Å². The van der Waals surface area contributed by atoms with Gasteiger partial charge in [-0.3, -0.25) is 0 Å². The van der Waals surface area contributed by atoms with Crippen LogP contribution in [0, 0.1) is 5.92 Å². The molecule has 2 aliphatic rings. The number of hydrogen-bond acceptors (Lipinski definition) is 0. The van der Waals surface area contributed by atoms with Crippen LogP contribution >= 0.6 is 0 Å². The summed E-state index contributed by atoms with van der Waals surface area (Å²) in [4.78, 5) is 0. The van der Waals surface area contributed by atoms with E-state index in [0.717, 1.165) is 5.92 Å². The molecule has 2 aromatic carbocycles. The molecule has 0 radical (unpaired) electrons. The third-order valence-electron chi connectivity index (χ3n) is 6.00. The molecule has 2 saturated heterocycles. The fourth-order valence-corrected chi connectivity index (χ4v) is 4.58. The Kier molecular flexibility index (Phi) is 3.75. The Morgan fingerprint density at radius 2 is 1.18 bits per heavy atom. The van der Waals surface area contributed by atoms with Crippen LogP contribution in [0.25, 0.3) is 0 Å². The molecule has 2 aromatic rings. The van der Waals surface area contributed by atoms with Crippen LogP contribution in [-0.4, -0.2) is 30.7 Å². The van der Waals surface area contributed by atoms with E-state index in [-0.39, 0.29) is 0 Å². The van der Waals surface area contributed by atoms with Gasteiger partial charge in [-0.1, -0.05) is 60.7 Å². The molecule has 22 heavy (non-hydrogen) atoms. The molecular weight excluding hydrogens is 266 g/mol. The van der Waals surface area contributed by atoms with Crippen molar-refractivity contribution in [3.8, 4) is 0 Å². The van der Waals surface area contributed by atoms with Crippen LogP contribution in [0.2, 0.25) is 0 Å². The summed E-state index contributed by atoms with van der Waals surface area (Å²) in [5.41, 5.74) is 2.99. The van der Waals surface area contributed by atoms with E-state index in [1.165, 1.54) is 61.1 Å². The van der Waals surface area contributed by atoms with Crippen molar-refractivity contribution in [2.24, 2.45) is 5.92 Å². The summed E-state index contributed by atoms with van der Waals surface area (Å²) in [7, 11) is 0. The first-order valence-electron chi connectivity index (χ1n) is 8.81. The average molecular weight is 292 g/mol. The monoisotopic (exact) mass is 292 g/mol. The predicted molar refractivity (Wildman–Crippen MR) is 91.8 cm³/mol. The molecule has 0 bridgehead atoms. The van der Waals surface area contributed by atoms with Crippen molar-refractivity contribution in [2.75, 3.05) is 26.2 Å². The van der Waals surface area contributed by atoms with Crippen molar-refractivity contribution >= 4 is 0 Å². The molecule has 0 aliphatic carbocycles. The predicted octanol–water partition coefficient (Wildman–Crippen LogP) is 4.45. The molecule has 0 atom stereocenters. The molecule has 114 valence electrons. The Hall–Kier alpha value is -1.60. The summed E-state index contributed by atoms with van der Waals surface area (Å²) in [5.74, 6) is 1.37. The molecule has 1 nitrogen and oxygen atoms in total. The molecule has 2 heterocycles. The fraction of sp³-hybridized carbons (Fsp3) is 0.429. The van der Waals surface area contributed by atoms with Gasteiger partial charge in [0.25, 0.3) is 0 Å². The Balaban J connectivity index is 1.61. The summed E-state index contributed by atoms with van der Waals surface area (Å²) < 4.78 is 1.42. The quantitative estimate of drug-likeness (QED) is 0.733. The summed E-state index contributed by atoms with van der Waals surface area (Å²) in [6.07, 6.45) is 4.22. The summed E-state index contributed by atoms with van der Waals surface area (Å²) in [6, 6.07) is 22.3. The largest absolute Gasteiger partial charge is 0.323 e. The molecule has 2 fully saturated rings. The van der Waals surface area contributed by atoms with Crippen LogP contribution < -0.4 is 0 Å². The van der Waals surface area contributed by atoms with Crippen LogP contribution in [-0.2, 0) is 0 Å². The second-order valence-corrected chi connectivity index (χ2v) is 7.23. The number of rotatable bonds is 3. The average Bonchev–Trinajstić information content (AvgIpc) is 2.56. The van der Waals surface area contributed by atoms with Gasteiger partial charge in [-0.25, -0.2) is 0 Å². The highest BCUT2D eigenvalue weighted by atomic mass is 15.4. The molecule has 0 aromatic heterocycles. The van der Waals surface area contributed by atoms with Crippen LogP contribution in [0.1, 0.15) is 36.3 Å².